The molecule has 3 rings (SSSR count). The lowest BCUT2D eigenvalue weighted by Gasteiger charge is -2.13. The molecule has 140 valence electrons. The third kappa shape index (κ3) is 4.53. The number of esters is 1. The summed E-state index contributed by atoms with van der Waals surface area (Å²) in [6, 6.07) is 17.6. The van der Waals surface area contributed by atoms with Gasteiger partial charge in [0.05, 0.1) is 24.6 Å². The second-order valence-corrected chi connectivity index (χ2v) is 6.44. The van der Waals surface area contributed by atoms with Gasteiger partial charge in [0.1, 0.15) is 5.82 Å². The van der Waals surface area contributed by atoms with Crippen LogP contribution < -0.4 is 5.32 Å². The minimum atomic E-state index is -0.339. The molecule has 27 heavy (non-hydrogen) atoms. The summed E-state index contributed by atoms with van der Waals surface area (Å²) in [7, 11) is 1.34. The molecule has 1 unspecified atom stereocenters. The molecule has 1 amide bonds. The Labute approximate surface area is 158 Å². The maximum Gasteiger partial charge on any atom is 0.307 e. The summed E-state index contributed by atoms with van der Waals surface area (Å²) in [5, 5.41) is 2.83. The minimum Gasteiger partial charge on any atom is -0.469 e. The second kappa shape index (κ2) is 8.49. The normalized spacial score (nSPS) is 11.9. The number of aryl methyl sites for hydroxylation is 1. The lowest BCUT2D eigenvalue weighted by Crippen LogP contribution is -2.34. The zero-order chi connectivity index (χ0) is 19.2. The van der Waals surface area contributed by atoms with Crippen LogP contribution in [0.2, 0.25) is 0 Å². The number of fused-ring (bicyclic) bond motifs is 1. The fourth-order valence-corrected chi connectivity index (χ4v) is 3.07. The Morgan fingerprint density at radius 3 is 2.56 bits per heavy atom. The predicted octanol–water partition coefficient (Wildman–Crippen LogP) is 3.03. The van der Waals surface area contributed by atoms with Crippen LogP contribution in [0.1, 0.15) is 25.6 Å². The first-order chi connectivity index (χ1) is 13.1. The number of ether oxygens (including phenoxy) is 1. The van der Waals surface area contributed by atoms with Crippen LogP contribution in [0.15, 0.2) is 54.6 Å². The van der Waals surface area contributed by atoms with E-state index in [2.05, 4.69) is 14.6 Å². The van der Waals surface area contributed by atoms with Gasteiger partial charge in [-0.2, -0.15) is 0 Å². The molecule has 1 aromatic heterocycles. The highest BCUT2D eigenvalue weighted by atomic mass is 16.5. The van der Waals surface area contributed by atoms with Gasteiger partial charge in [-0.1, -0.05) is 30.3 Å². The van der Waals surface area contributed by atoms with E-state index in [-0.39, 0.29) is 24.3 Å². The van der Waals surface area contributed by atoms with Crippen LogP contribution in [-0.2, 0) is 20.7 Å². The Balaban J connectivity index is 1.75. The van der Waals surface area contributed by atoms with Crippen LogP contribution in [0.5, 0.6) is 0 Å². The first-order valence-corrected chi connectivity index (χ1v) is 8.96. The SMILES string of the molecule is COC(=O)CC(C)NC(=O)CCc1nc2ccccc2n1-c1ccccc1. The number of imidazole rings is 1. The summed E-state index contributed by atoms with van der Waals surface area (Å²) in [5.74, 6) is 0.380. The maximum atomic E-state index is 12.3. The van der Waals surface area contributed by atoms with Crippen molar-refractivity contribution in [2.24, 2.45) is 0 Å². The van der Waals surface area contributed by atoms with Gasteiger partial charge in [0.2, 0.25) is 5.91 Å². The van der Waals surface area contributed by atoms with Crippen molar-refractivity contribution in [2.75, 3.05) is 7.11 Å². The van der Waals surface area contributed by atoms with Gasteiger partial charge in [0, 0.05) is 24.6 Å². The Kier molecular flexibility index (Phi) is 5.86. The van der Waals surface area contributed by atoms with Crippen molar-refractivity contribution in [1.82, 2.24) is 14.9 Å². The van der Waals surface area contributed by atoms with E-state index in [0.29, 0.717) is 12.8 Å². The van der Waals surface area contributed by atoms with Crippen LogP contribution >= 0.6 is 0 Å². The number of para-hydroxylation sites is 3. The standard InChI is InChI=1S/C21H23N3O3/c1-15(14-21(26)27-2)22-20(25)13-12-19-23-17-10-6-7-11-18(17)24(19)16-8-4-3-5-9-16/h3-11,15H,12-14H2,1-2H3,(H,22,25). The van der Waals surface area contributed by atoms with Gasteiger partial charge in [-0.3, -0.25) is 14.2 Å². The first kappa shape index (κ1) is 18.6. The van der Waals surface area contributed by atoms with Gasteiger partial charge in [0.15, 0.2) is 0 Å². The predicted molar refractivity (Wildman–Crippen MR) is 104 cm³/mol. The first-order valence-electron chi connectivity index (χ1n) is 8.96. The fourth-order valence-electron chi connectivity index (χ4n) is 3.07. The third-order valence-corrected chi connectivity index (χ3v) is 4.33. The molecule has 0 bridgehead atoms. The fraction of sp³-hybridized carbons (Fsp3) is 0.286. The molecule has 1 N–H and O–H groups in total. The average Bonchev–Trinajstić information content (AvgIpc) is 3.05. The number of amides is 1. The molecule has 6 nitrogen and oxygen atoms in total. The van der Waals surface area contributed by atoms with Crippen LogP contribution in [0.3, 0.4) is 0 Å². The van der Waals surface area contributed by atoms with Crippen molar-refractivity contribution in [3.63, 3.8) is 0 Å². The van der Waals surface area contributed by atoms with E-state index in [4.69, 9.17) is 4.98 Å². The second-order valence-electron chi connectivity index (χ2n) is 6.44. The monoisotopic (exact) mass is 365 g/mol. The molecule has 3 aromatic rings. The van der Waals surface area contributed by atoms with Crippen LogP contribution in [0.25, 0.3) is 16.7 Å². The zero-order valence-corrected chi connectivity index (χ0v) is 15.5. The number of hydrogen-bond donors (Lipinski definition) is 1. The van der Waals surface area contributed by atoms with Gasteiger partial charge in [0.25, 0.3) is 0 Å². The number of aromatic nitrogens is 2. The Morgan fingerprint density at radius 1 is 1.11 bits per heavy atom. The number of carbonyl (C=O) groups excluding carboxylic acids is 2. The summed E-state index contributed by atoms with van der Waals surface area (Å²) in [6.07, 6.45) is 0.951. The highest BCUT2D eigenvalue weighted by molar-refractivity contribution is 5.80. The van der Waals surface area contributed by atoms with E-state index < -0.39 is 0 Å². The van der Waals surface area contributed by atoms with E-state index in [1.54, 1.807) is 6.92 Å². The Morgan fingerprint density at radius 2 is 1.81 bits per heavy atom. The summed E-state index contributed by atoms with van der Waals surface area (Å²) in [4.78, 5) is 28.3. The quantitative estimate of drug-likeness (QED) is 0.653. The topological polar surface area (TPSA) is 73.2 Å². The van der Waals surface area contributed by atoms with Crippen molar-refractivity contribution >= 4 is 22.9 Å². The van der Waals surface area contributed by atoms with E-state index in [1.165, 1.54) is 7.11 Å². The van der Waals surface area contributed by atoms with Crippen molar-refractivity contribution < 1.29 is 14.3 Å². The molecule has 1 heterocycles. The molecule has 6 heteroatoms. The lowest BCUT2D eigenvalue weighted by atomic mass is 10.2. The van der Waals surface area contributed by atoms with Crippen molar-refractivity contribution in [1.29, 1.82) is 0 Å². The van der Waals surface area contributed by atoms with Crippen LogP contribution in [0.4, 0.5) is 0 Å². The highest BCUT2D eigenvalue weighted by Gasteiger charge is 2.15. The molecular formula is C21H23N3O3. The largest absolute Gasteiger partial charge is 0.469 e. The van der Waals surface area contributed by atoms with E-state index >= 15 is 0 Å². The molecule has 2 aromatic carbocycles. The van der Waals surface area contributed by atoms with Gasteiger partial charge in [-0.15, -0.1) is 0 Å². The van der Waals surface area contributed by atoms with Crippen LogP contribution in [-0.4, -0.2) is 34.6 Å². The smallest absolute Gasteiger partial charge is 0.307 e. The van der Waals surface area contributed by atoms with E-state index in [9.17, 15) is 9.59 Å². The van der Waals surface area contributed by atoms with Gasteiger partial charge in [-0.25, -0.2) is 4.98 Å². The molecule has 0 aliphatic carbocycles. The van der Waals surface area contributed by atoms with Gasteiger partial charge >= 0.3 is 5.97 Å². The highest BCUT2D eigenvalue weighted by Crippen LogP contribution is 2.22. The minimum absolute atomic E-state index is 0.113. The summed E-state index contributed by atoms with van der Waals surface area (Å²) >= 11 is 0. The molecule has 0 aliphatic heterocycles. The number of carbonyl (C=O) groups is 2. The van der Waals surface area contributed by atoms with Gasteiger partial charge in [-0.05, 0) is 31.2 Å². The molecule has 0 saturated carbocycles. The van der Waals surface area contributed by atoms with Crippen molar-refractivity contribution in [2.45, 2.75) is 32.2 Å². The van der Waals surface area contributed by atoms with Gasteiger partial charge < -0.3 is 10.1 Å². The number of hydrogen-bond acceptors (Lipinski definition) is 4. The third-order valence-electron chi connectivity index (χ3n) is 4.33. The lowest BCUT2D eigenvalue weighted by molar-refractivity contribution is -0.141. The molecule has 0 fully saturated rings. The number of benzene rings is 2. The average molecular weight is 365 g/mol. The number of methoxy groups -OCH3 is 1. The number of rotatable bonds is 7. The molecule has 1 atom stereocenters. The summed E-state index contributed by atoms with van der Waals surface area (Å²) in [6.45, 7) is 1.79. The Hall–Kier alpha value is -3.15. The summed E-state index contributed by atoms with van der Waals surface area (Å²) in [5.41, 5.74) is 2.93. The summed E-state index contributed by atoms with van der Waals surface area (Å²) < 4.78 is 6.71. The number of nitrogens with zero attached hydrogens (tertiary/aromatic N) is 2. The molecule has 0 saturated heterocycles. The number of nitrogens with one attached hydrogen (secondary N) is 1. The van der Waals surface area contributed by atoms with E-state index in [1.807, 2.05) is 54.6 Å². The molecule has 0 aliphatic rings. The molecular weight excluding hydrogens is 342 g/mol. The van der Waals surface area contributed by atoms with Crippen LogP contribution in [0, 0.1) is 0 Å². The zero-order valence-electron chi connectivity index (χ0n) is 15.5. The maximum absolute atomic E-state index is 12.3. The molecule has 0 radical (unpaired) electrons. The van der Waals surface area contributed by atoms with Crippen molar-refractivity contribution in [3.8, 4) is 5.69 Å². The Bertz CT molecular complexity index is 934. The van der Waals surface area contributed by atoms with Crippen molar-refractivity contribution in [3.05, 3.63) is 60.4 Å². The molecule has 0 spiro atoms. The van der Waals surface area contributed by atoms with E-state index in [0.717, 1.165) is 22.5 Å².